The SMILES string of the molecule is COc1ccc(-c2sc(N)nc2N)cc1.Cl. The van der Waals surface area contributed by atoms with Gasteiger partial charge in [0.25, 0.3) is 0 Å². The predicted molar refractivity (Wildman–Crippen MR) is 70.2 cm³/mol. The van der Waals surface area contributed by atoms with Gasteiger partial charge in [0.1, 0.15) is 11.6 Å². The molecule has 0 fully saturated rings. The predicted octanol–water partition coefficient (Wildman–Crippen LogP) is 2.40. The zero-order valence-electron chi connectivity index (χ0n) is 8.64. The van der Waals surface area contributed by atoms with Gasteiger partial charge in [0.2, 0.25) is 0 Å². The molecule has 0 amide bonds. The third kappa shape index (κ3) is 2.37. The van der Waals surface area contributed by atoms with Gasteiger partial charge >= 0.3 is 0 Å². The molecule has 0 spiro atoms. The van der Waals surface area contributed by atoms with E-state index in [1.54, 1.807) is 7.11 Å². The van der Waals surface area contributed by atoms with Crippen molar-refractivity contribution in [1.82, 2.24) is 4.98 Å². The van der Waals surface area contributed by atoms with Gasteiger partial charge in [-0.25, -0.2) is 4.98 Å². The number of aromatic nitrogens is 1. The first-order chi connectivity index (χ1) is 7.20. The summed E-state index contributed by atoms with van der Waals surface area (Å²) in [4.78, 5) is 4.87. The quantitative estimate of drug-likeness (QED) is 0.866. The number of benzene rings is 1. The summed E-state index contributed by atoms with van der Waals surface area (Å²) in [6.45, 7) is 0. The Bertz CT molecular complexity index is 469. The van der Waals surface area contributed by atoms with Crippen LogP contribution in [0.25, 0.3) is 10.4 Å². The summed E-state index contributed by atoms with van der Waals surface area (Å²) in [5.41, 5.74) is 12.3. The Morgan fingerprint density at radius 1 is 1.19 bits per heavy atom. The van der Waals surface area contributed by atoms with Crippen molar-refractivity contribution < 1.29 is 4.74 Å². The fraction of sp³-hybridized carbons (Fsp3) is 0.100. The van der Waals surface area contributed by atoms with Crippen LogP contribution < -0.4 is 16.2 Å². The number of rotatable bonds is 2. The van der Waals surface area contributed by atoms with Crippen LogP contribution in [0.2, 0.25) is 0 Å². The van der Waals surface area contributed by atoms with Crippen LogP contribution in [-0.2, 0) is 0 Å². The molecule has 0 radical (unpaired) electrons. The average molecular weight is 258 g/mol. The number of hydrogen-bond donors (Lipinski definition) is 2. The van der Waals surface area contributed by atoms with Crippen molar-refractivity contribution in [2.45, 2.75) is 0 Å². The van der Waals surface area contributed by atoms with Gasteiger partial charge in [-0.2, -0.15) is 0 Å². The molecule has 2 rings (SSSR count). The molecule has 4 nitrogen and oxygen atoms in total. The Labute approximate surface area is 104 Å². The van der Waals surface area contributed by atoms with E-state index >= 15 is 0 Å². The summed E-state index contributed by atoms with van der Waals surface area (Å²) in [6.07, 6.45) is 0. The molecule has 2 aromatic rings. The fourth-order valence-corrected chi connectivity index (χ4v) is 2.06. The van der Waals surface area contributed by atoms with Crippen LogP contribution in [0.5, 0.6) is 5.75 Å². The minimum Gasteiger partial charge on any atom is -0.497 e. The monoisotopic (exact) mass is 257 g/mol. The average Bonchev–Trinajstić information content (AvgIpc) is 2.58. The van der Waals surface area contributed by atoms with E-state index in [0.29, 0.717) is 10.9 Å². The molecule has 86 valence electrons. The highest BCUT2D eigenvalue weighted by molar-refractivity contribution is 7.19. The van der Waals surface area contributed by atoms with Crippen molar-refractivity contribution in [3.05, 3.63) is 24.3 Å². The third-order valence-corrected chi connectivity index (χ3v) is 2.97. The second kappa shape index (κ2) is 5.05. The topological polar surface area (TPSA) is 74.2 Å². The second-order valence-electron chi connectivity index (χ2n) is 2.99. The zero-order chi connectivity index (χ0) is 10.8. The van der Waals surface area contributed by atoms with Crippen LogP contribution in [0.15, 0.2) is 24.3 Å². The minimum absolute atomic E-state index is 0. The standard InChI is InChI=1S/C10H11N3OS.ClH/c1-14-7-4-2-6(3-5-7)8-9(11)13-10(12)15-8;/h2-5H,11H2,1H3,(H2,12,13);1H. The molecule has 1 aromatic heterocycles. The van der Waals surface area contributed by atoms with Gasteiger partial charge in [0.05, 0.1) is 12.0 Å². The summed E-state index contributed by atoms with van der Waals surface area (Å²) in [5.74, 6) is 1.29. The lowest BCUT2D eigenvalue weighted by molar-refractivity contribution is 0.415. The molecule has 16 heavy (non-hydrogen) atoms. The normalized spacial score (nSPS) is 9.56. The number of anilines is 2. The van der Waals surface area contributed by atoms with Gasteiger partial charge in [-0.05, 0) is 29.8 Å². The van der Waals surface area contributed by atoms with Crippen molar-refractivity contribution in [3.63, 3.8) is 0 Å². The summed E-state index contributed by atoms with van der Waals surface area (Å²) in [6, 6.07) is 7.62. The van der Waals surface area contributed by atoms with E-state index in [1.807, 2.05) is 24.3 Å². The molecule has 0 saturated heterocycles. The maximum Gasteiger partial charge on any atom is 0.182 e. The Hall–Kier alpha value is -1.46. The number of nitrogens with two attached hydrogens (primary N) is 2. The third-order valence-electron chi connectivity index (χ3n) is 2.02. The van der Waals surface area contributed by atoms with Gasteiger partial charge in [-0.3, -0.25) is 0 Å². The van der Waals surface area contributed by atoms with Crippen molar-refractivity contribution in [2.24, 2.45) is 0 Å². The largest absolute Gasteiger partial charge is 0.497 e. The molecular weight excluding hydrogens is 246 g/mol. The van der Waals surface area contributed by atoms with Crippen LogP contribution in [0.3, 0.4) is 0 Å². The van der Waals surface area contributed by atoms with Crippen LogP contribution in [0.1, 0.15) is 0 Å². The molecule has 1 aromatic carbocycles. The summed E-state index contributed by atoms with van der Waals surface area (Å²) in [7, 11) is 1.63. The first-order valence-electron chi connectivity index (χ1n) is 4.37. The Kier molecular flexibility index (Phi) is 3.98. The molecule has 0 aliphatic heterocycles. The molecule has 0 saturated carbocycles. The Morgan fingerprint density at radius 2 is 1.81 bits per heavy atom. The van der Waals surface area contributed by atoms with Crippen LogP contribution in [0.4, 0.5) is 10.9 Å². The molecule has 1 heterocycles. The van der Waals surface area contributed by atoms with E-state index in [1.165, 1.54) is 11.3 Å². The van der Waals surface area contributed by atoms with Crippen molar-refractivity contribution >= 4 is 34.7 Å². The first kappa shape index (κ1) is 12.6. The van der Waals surface area contributed by atoms with Gasteiger partial charge in [-0.15, -0.1) is 12.4 Å². The summed E-state index contributed by atoms with van der Waals surface area (Å²) in [5, 5.41) is 0.485. The van der Waals surface area contributed by atoms with Crippen LogP contribution in [-0.4, -0.2) is 12.1 Å². The number of ether oxygens (including phenoxy) is 1. The molecule has 0 unspecified atom stereocenters. The number of nitrogens with zero attached hydrogens (tertiary/aromatic N) is 1. The number of halogens is 1. The summed E-state index contributed by atoms with van der Waals surface area (Å²) < 4.78 is 5.07. The molecule has 6 heteroatoms. The number of nitrogen functional groups attached to an aromatic ring is 2. The highest BCUT2D eigenvalue weighted by Gasteiger charge is 2.08. The number of thiazole rings is 1. The van der Waals surface area contributed by atoms with Crippen molar-refractivity contribution in [2.75, 3.05) is 18.6 Å². The van der Waals surface area contributed by atoms with Crippen LogP contribution in [0, 0.1) is 0 Å². The lowest BCUT2D eigenvalue weighted by Crippen LogP contribution is -1.88. The first-order valence-corrected chi connectivity index (χ1v) is 5.18. The van der Waals surface area contributed by atoms with Gasteiger partial charge in [0.15, 0.2) is 5.13 Å². The maximum atomic E-state index is 5.73. The van der Waals surface area contributed by atoms with Crippen LogP contribution >= 0.6 is 23.7 Å². The Balaban J connectivity index is 0.00000128. The van der Waals surface area contributed by atoms with E-state index in [4.69, 9.17) is 16.2 Å². The molecule has 0 atom stereocenters. The molecule has 4 N–H and O–H groups in total. The summed E-state index contributed by atoms with van der Waals surface area (Å²) >= 11 is 1.38. The second-order valence-corrected chi connectivity index (χ2v) is 4.03. The lowest BCUT2D eigenvalue weighted by Gasteiger charge is -2.01. The van der Waals surface area contributed by atoms with Gasteiger partial charge in [0, 0.05) is 0 Å². The molecule has 0 aliphatic rings. The highest BCUT2D eigenvalue weighted by atomic mass is 35.5. The highest BCUT2D eigenvalue weighted by Crippen LogP contribution is 2.33. The lowest BCUT2D eigenvalue weighted by atomic mass is 10.2. The number of hydrogen-bond acceptors (Lipinski definition) is 5. The minimum atomic E-state index is 0. The molecular formula is C10H12ClN3OS. The van der Waals surface area contributed by atoms with E-state index in [9.17, 15) is 0 Å². The van der Waals surface area contributed by atoms with Crippen molar-refractivity contribution in [3.8, 4) is 16.2 Å². The van der Waals surface area contributed by atoms with E-state index in [0.717, 1.165) is 16.2 Å². The van der Waals surface area contributed by atoms with E-state index in [2.05, 4.69) is 4.98 Å². The van der Waals surface area contributed by atoms with Crippen molar-refractivity contribution in [1.29, 1.82) is 0 Å². The fourth-order valence-electron chi connectivity index (χ4n) is 1.30. The zero-order valence-corrected chi connectivity index (χ0v) is 10.3. The van der Waals surface area contributed by atoms with E-state index in [-0.39, 0.29) is 12.4 Å². The van der Waals surface area contributed by atoms with Gasteiger partial charge < -0.3 is 16.2 Å². The molecule has 0 aliphatic carbocycles. The number of methoxy groups -OCH3 is 1. The Morgan fingerprint density at radius 3 is 2.25 bits per heavy atom. The molecule has 0 bridgehead atoms. The smallest absolute Gasteiger partial charge is 0.182 e. The van der Waals surface area contributed by atoms with E-state index < -0.39 is 0 Å². The maximum absolute atomic E-state index is 5.73. The van der Waals surface area contributed by atoms with Gasteiger partial charge in [-0.1, -0.05) is 11.3 Å².